The summed E-state index contributed by atoms with van der Waals surface area (Å²) >= 11 is 1.84. The fourth-order valence-electron chi connectivity index (χ4n) is 2.48. The molecule has 17 heavy (non-hydrogen) atoms. The van der Waals surface area contributed by atoms with Crippen LogP contribution in [0.25, 0.3) is 0 Å². The van der Waals surface area contributed by atoms with Crippen LogP contribution >= 0.6 is 11.8 Å². The summed E-state index contributed by atoms with van der Waals surface area (Å²) in [5.41, 5.74) is 1.09. The molecular formula is C13H16N2OS. The summed E-state index contributed by atoms with van der Waals surface area (Å²) in [6.07, 6.45) is 2.09. The standard InChI is InChI=1S/C13H16N2OS/c16-13(10-4-3-7-14-10)15-8-9-17-12-6-2-1-5-11(12)15/h1-2,5-6,10,14H,3-4,7-9H2. The third-order valence-corrected chi connectivity index (χ3v) is 4.40. The van der Waals surface area contributed by atoms with Crippen LogP contribution in [-0.2, 0) is 4.79 Å². The van der Waals surface area contributed by atoms with Crippen LogP contribution in [0.2, 0.25) is 0 Å². The van der Waals surface area contributed by atoms with Gasteiger partial charge >= 0.3 is 0 Å². The van der Waals surface area contributed by atoms with Gasteiger partial charge < -0.3 is 10.2 Å². The van der Waals surface area contributed by atoms with Crippen LogP contribution in [0.15, 0.2) is 29.2 Å². The average Bonchev–Trinajstić information content (AvgIpc) is 2.91. The van der Waals surface area contributed by atoms with Crippen molar-refractivity contribution in [1.82, 2.24) is 5.32 Å². The quantitative estimate of drug-likeness (QED) is 0.823. The van der Waals surface area contributed by atoms with Gasteiger partial charge in [-0.2, -0.15) is 0 Å². The first kappa shape index (κ1) is 11.1. The van der Waals surface area contributed by atoms with Crippen LogP contribution in [0.3, 0.4) is 0 Å². The number of fused-ring (bicyclic) bond motifs is 1. The number of para-hydroxylation sites is 1. The number of nitrogens with zero attached hydrogens (tertiary/aromatic N) is 1. The highest BCUT2D eigenvalue weighted by Gasteiger charge is 2.30. The fraction of sp³-hybridized carbons (Fsp3) is 0.462. The van der Waals surface area contributed by atoms with E-state index in [1.54, 1.807) is 0 Å². The molecule has 1 aromatic carbocycles. The first-order valence-corrected chi connectivity index (χ1v) is 7.11. The molecule has 4 heteroatoms. The lowest BCUT2D eigenvalue weighted by molar-refractivity contribution is -0.120. The Hall–Kier alpha value is -1.00. The first-order valence-electron chi connectivity index (χ1n) is 6.13. The molecule has 0 aliphatic carbocycles. The van der Waals surface area contributed by atoms with E-state index in [-0.39, 0.29) is 11.9 Å². The number of hydrogen-bond acceptors (Lipinski definition) is 3. The van der Waals surface area contributed by atoms with Crippen LogP contribution < -0.4 is 10.2 Å². The summed E-state index contributed by atoms with van der Waals surface area (Å²) in [5, 5.41) is 3.29. The highest BCUT2D eigenvalue weighted by molar-refractivity contribution is 7.99. The normalized spacial score (nSPS) is 23.5. The van der Waals surface area contributed by atoms with E-state index in [1.165, 1.54) is 4.90 Å². The zero-order chi connectivity index (χ0) is 11.7. The van der Waals surface area contributed by atoms with E-state index in [2.05, 4.69) is 11.4 Å². The molecule has 0 radical (unpaired) electrons. The Labute approximate surface area is 106 Å². The van der Waals surface area contributed by atoms with E-state index < -0.39 is 0 Å². The molecule has 90 valence electrons. The highest BCUT2D eigenvalue weighted by Crippen LogP contribution is 2.34. The lowest BCUT2D eigenvalue weighted by Gasteiger charge is -2.30. The highest BCUT2D eigenvalue weighted by atomic mass is 32.2. The fourth-order valence-corrected chi connectivity index (χ4v) is 3.48. The molecule has 2 aliphatic rings. The van der Waals surface area contributed by atoms with Crippen LogP contribution in [0, 0.1) is 0 Å². The van der Waals surface area contributed by atoms with Gasteiger partial charge in [0.2, 0.25) is 5.91 Å². The number of carbonyl (C=O) groups excluding carboxylic acids is 1. The molecule has 1 fully saturated rings. The Morgan fingerprint density at radius 1 is 1.41 bits per heavy atom. The number of nitrogens with one attached hydrogen (secondary N) is 1. The molecule has 1 unspecified atom stereocenters. The second-order valence-electron chi connectivity index (χ2n) is 4.46. The SMILES string of the molecule is O=C(C1CCCN1)N1CCSc2ccccc21. The Bertz CT molecular complexity index is 429. The van der Waals surface area contributed by atoms with E-state index in [0.717, 1.165) is 37.4 Å². The number of hydrogen-bond donors (Lipinski definition) is 1. The maximum Gasteiger partial charge on any atom is 0.244 e. The molecule has 1 N–H and O–H groups in total. The largest absolute Gasteiger partial charge is 0.309 e. The molecule has 0 aromatic heterocycles. The van der Waals surface area contributed by atoms with Crippen LogP contribution in [0.4, 0.5) is 5.69 Å². The molecule has 2 heterocycles. The van der Waals surface area contributed by atoms with Crippen LogP contribution in [0.1, 0.15) is 12.8 Å². The van der Waals surface area contributed by atoms with Gasteiger partial charge in [0.15, 0.2) is 0 Å². The molecule has 1 atom stereocenters. The topological polar surface area (TPSA) is 32.3 Å². The van der Waals surface area contributed by atoms with Crippen molar-refractivity contribution < 1.29 is 4.79 Å². The molecule has 0 saturated carbocycles. The van der Waals surface area contributed by atoms with Gasteiger partial charge in [-0.25, -0.2) is 0 Å². The number of rotatable bonds is 1. The monoisotopic (exact) mass is 248 g/mol. The minimum Gasteiger partial charge on any atom is -0.309 e. The van der Waals surface area contributed by atoms with Gasteiger partial charge in [0, 0.05) is 17.2 Å². The summed E-state index contributed by atoms with van der Waals surface area (Å²) in [6.45, 7) is 1.80. The summed E-state index contributed by atoms with van der Waals surface area (Å²) in [6, 6.07) is 8.22. The lowest BCUT2D eigenvalue weighted by Crippen LogP contribution is -2.45. The van der Waals surface area contributed by atoms with Crippen LogP contribution in [-0.4, -0.2) is 30.8 Å². The van der Waals surface area contributed by atoms with Crippen molar-refractivity contribution in [2.45, 2.75) is 23.8 Å². The number of benzene rings is 1. The average molecular weight is 248 g/mol. The predicted octanol–water partition coefficient (Wildman–Crippen LogP) is 1.88. The van der Waals surface area contributed by atoms with Gasteiger partial charge in [0.1, 0.15) is 0 Å². The first-order chi connectivity index (χ1) is 8.36. The number of carbonyl (C=O) groups is 1. The van der Waals surface area contributed by atoms with Gasteiger partial charge in [-0.15, -0.1) is 11.8 Å². The Kier molecular flexibility index (Phi) is 3.07. The zero-order valence-corrected chi connectivity index (χ0v) is 10.5. The van der Waals surface area contributed by atoms with E-state index in [9.17, 15) is 4.79 Å². The Morgan fingerprint density at radius 3 is 3.12 bits per heavy atom. The molecule has 2 aliphatic heterocycles. The molecule has 0 spiro atoms. The summed E-state index contributed by atoms with van der Waals surface area (Å²) in [7, 11) is 0. The smallest absolute Gasteiger partial charge is 0.244 e. The molecule has 1 amide bonds. The summed E-state index contributed by atoms with van der Waals surface area (Å²) in [4.78, 5) is 15.6. The lowest BCUT2D eigenvalue weighted by atomic mass is 10.2. The van der Waals surface area contributed by atoms with E-state index in [1.807, 2.05) is 34.9 Å². The Morgan fingerprint density at radius 2 is 2.29 bits per heavy atom. The van der Waals surface area contributed by atoms with Crippen molar-refractivity contribution in [2.75, 3.05) is 23.7 Å². The van der Waals surface area contributed by atoms with Crippen molar-refractivity contribution in [3.63, 3.8) is 0 Å². The molecule has 3 nitrogen and oxygen atoms in total. The molecule has 3 rings (SSSR count). The van der Waals surface area contributed by atoms with Crippen molar-refractivity contribution in [3.8, 4) is 0 Å². The zero-order valence-electron chi connectivity index (χ0n) is 9.69. The van der Waals surface area contributed by atoms with Gasteiger partial charge in [-0.05, 0) is 31.5 Å². The van der Waals surface area contributed by atoms with Gasteiger partial charge in [-0.1, -0.05) is 12.1 Å². The number of amides is 1. The third kappa shape index (κ3) is 2.07. The summed E-state index contributed by atoms with van der Waals surface area (Å²) in [5.74, 6) is 1.24. The van der Waals surface area contributed by atoms with Crippen molar-refractivity contribution in [2.24, 2.45) is 0 Å². The third-order valence-electron chi connectivity index (χ3n) is 3.35. The van der Waals surface area contributed by atoms with Crippen molar-refractivity contribution in [1.29, 1.82) is 0 Å². The minimum absolute atomic E-state index is 0.0335. The molecule has 1 aromatic rings. The summed E-state index contributed by atoms with van der Waals surface area (Å²) < 4.78 is 0. The maximum atomic E-state index is 12.4. The van der Waals surface area contributed by atoms with Crippen molar-refractivity contribution >= 4 is 23.4 Å². The van der Waals surface area contributed by atoms with E-state index in [4.69, 9.17) is 0 Å². The molecule has 1 saturated heterocycles. The number of anilines is 1. The van der Waals surface area contributed by atoms with E-state index >= 15 is 0 Å². The maximum absolute atomic E-state index is 12.4. The minimum atomic E-state index is 0.0335. The Balaban J connectivity index is 1.86. The van der Waals surface area contributed by atoms with Crippen LogP contribution in [0.5, 0.6) is 0 Å². The molecule has 0 bridgehead atoms. The second kappa shape index (κ2) is 4.70. The van der Waals surface area contributed by atoms with Gasteiger partial charge in [-0.3, -0.25) is 4.79 Å². The van der Waals surface area contributed by atoms with Gasteiger partial charge in [0.25, 0.3) is 0 Å². The molecular weight excluding hydrogens is 232 g/mol. The van der Waals surface area contributed by atoms with E-state index in [0.29, 0.717) is 0 Å². The number of thioether (sulfide) groups is 1. The predicted molar refractivity (Wildman–Crippen MR) is 70.5 cm³/mol. The van der Waals surface area contributed by atoms with Gasteiger partial charge in [0.05, 0.1) is 11.7 Å². The van der Waals surface area contributed by atoms with Crippen molar-refractivity contribution in [3.05, 3.63) is 24.3 Å². The second-order valence-corrected chi connectivity index (χ2v) is 5.59.